The van der Waals surface area contributed by atoms with E-state index in [1.807, 2.05) is 4.90 Å². The number of likely N-dealkylation sites (tertiary alicyclic amines) is 1. The Hall–Kier alpha value is -0.110. The van der Waals surface area contributed by atoms with Crippen molar-refractivity contribution in [2.45, 2.75) is 25.8 Å². The van der Waals surface area contributed by atoms with Gasteiger partial charge in [-0.3, -0.25) is 0 Å². The SMILES string of the molecule is [2H]CN1C(=S)CCC1C. The van der Waals surface area contributed by atoms with E-state index < -0.39 is 0 Å². The molecule has 1 aliphatic rings. The normalized spacial score (nSPS) is 31.1. The summed E-state index contributed by atoms with van der Waals surface area (Å²) in [5, 5.41) is 0. The second-order valence-corrected chi connectivity index (χ2v) is 2.72. The van der Waals surface area contributed by atoms with Crippen LogP contribution in [-0.2, 0) is 0 Å². The number of hydrogen-bond acceptors (Lipinski definition) is 1. The summed E-state index contributed by atoms with van der Waals surface area (Å²) in [6.07, 6.45) is 2.15. The summed E-state index contributed by atoms with van der Waals surface area (Å²) >= 11 is 5.02. The topological polar surface area (TPSA) is 3.24 Å². The van der Waals surface area contributed by atoms with E-state index in [0.717, 1.165) is 17.8 Å². The first-order chi connectivity index (χ1) is 4.25. The maximum absolute atomic E-state index is 7.10. The fourth-order valence-electron chi connectivity index (χ4n) is 0.878. The van der Waals surface area contributed by atoms with Crippen LogP contribution in [0.3, 0.4) is 0 Å². The summed E-state index contributed by atoms with van der Waals surface area (Å²) in [5.74, 6) is 0. The lowest BCUT2D eigenvalue weighted by Gasteiger charge is -2.15. The van der Waals surface area contributed by atoms with Crippen LogP contribution in [0, 0.1) is 0 Å². The lowest BCUT2D eigenvalue weighted by Crippen LogP contribution is -2.24. The molecule has 1 fully saturated rings. The third-order valence-corrected chi connectivity index (χ3v) is 2.07. The molecule has 1 atom stereocenters. The molecule has 0 N–H and O–H groups in total. The Balaban J connectivity index is 2.55. The molecule has 2 heteroatoms. The van der Waals surface area contributed by atoms with E-state index in [9.17, 15) is 0 Å². The van der Waals surface area contributed by atoms with Crippen LogP contribution in [0.25, 0.3) is 0 Å². The highest BCUT2D eigenvalue weighted by Gasteiger charge is 2.19. The highest BCUT2D eigenvalue weighted by atomic mass is 32.1. The van der Waals surface area contributed by atoms with Crippen LogP contribution in [0.5, 0.6) is 0 Å². The van der Waals surface area contributed by atoms with E-state index >= 15 is 0 Å². The molecular formula is C6H11NS. The molecule has 1 unspecified atom stereocenters. The van der Waals surface area contributed by atoms with Gasteiger partial charge in [0.25, 0.3) is 0 Å². The average Bonchev–Trinajstić information content (AvgIpc) is 2.12. The van der Waals surface area contributed by atoms with Gasteiger partial charge in [0.2, 0.25) is 0 Å². The van der Waals surface area contributed by atoms with E-state index in [1.54, 1.807) is 0 Å². The number of thiocarbonyl (C=S) groups is 1. The standard InChI is InChI=1S/C6H11NS/c1-5-3-4-6(8)7(5)2/h5H,3-4H2,1-2H3/i2D. The fourth-order valence-corrected chi connectivity index (χ4v) is 1.18. The van der Waals surface area contributed by atoms with Gasteiger partial charge >= 0.3 is 0 Å². The maximum atomic E-state index is 7.10. The molecule has 1 rings (SSSR count). The molecule has 0 radical (unpaired) electrons. The predicted octanol–water partition coefficient (Wildman–Crippen LogP) is 1.43. The van der Waals surface area contributed by atoms with Crippen LogP contribution in [0.4, 0.5) is 0 Å². The molecule has 1 aliphatic heterocycles. The Labute approximate surface area is 57.1 Å². The molecule has 1 nitrogen and oxygen atoms in total. The summed E-state index contributed by atoms with van der Waals surface area (Å²) < 4.78 is 7.10. The van der Waals surface area contributed by atoms with Crippen molar-refractivity contribution in [2.75, 3.05) is 7.02 Å². The van der Waals surface area contributed by atoms with Gasteiger partial charge in [-0.15, -0.1) is 0 Å². The van der Waals surface area contributed by atoms with Gasteiger partial charge in [0.15, 0.2) is 0 Å². The molecule has 0 aromatic rings. The Kier molecular flexibility index (Phi) is 1.19. The zero-order valence-corrected chi connectivity index (χ0v) is 5.87. The van der Waals surface area contributed by atoms with Crippen LogP contribution >= 0.6 is 12.2 Å². The Bertz CT molecular complexity index is 126. The number of rotatable bonds is 0. The molecule has 8 heavy (non-hydrogen) atoms. The summed E-state index contributed by atoms with van der Waals surface area (Å²) in [5.41, 5.74) is 0. The first-order valence-electron chi connectivity index (χ1n) is 3.55. The summed E-state index contributed by atoms with van der Waals surface area (Å²) in [6, 6.07) is 0.509. The molecule has 0 bridgehead atoms. The zero-order valence-electron chi connectivity index (χ0n) is 6.05. The minimum Gasteiger partial charge on any atom is -0.367 e. The highest BCUT2D eigenvalue weighted by Crippen LogP contribution is 2.16. The Morgan fingerprint density at radius 3 is 3.00 bits per heavy atom. The van der Waals surface area contributed by atoms with Crippen molar-refractivity contribution < 1.29 is 1.37 Å². The van der Waals surface area contributed by atoms with Crippen molar-refractivity contribution >= 4 is 17.2 Å². The fraction of sp³-hybridized carbons (Fsp3) is 0.833. The second kappa shape index (κ2) is 2.02. The molecule has 0 saturated carbocycles. The third-order valence-electron chi connectivity index (χ3n) is 1.63. The molecular weight excluding hydrogens is 118 g/mol. The summed E-state index contributed by atoms with van der Waals surface area (Å²) in [4.78, 5) is 2.94. The van der Waals surface area contributed by atoms with Gasteiger partial charge in [0.1, 0.15) is 0 Å². The van der Waals surface area contributed by atoms with Crippen molar-refractivity contribution in [1.82, 2.24) is 4.90 Å². The van der Waals surface area contributed by atoms with Crippen molar-refractivity contribution in [2.24, 2.45) is 0 Å². The highest BCUT2D eigenvalue weighted by molar-refractivity contribution is 7.80. The molecule has 0 aromatic carbocycles. The maximum Gasteiger partial charge on any atom is 0.0779 e. The Morgan fingerprint density at radius 1 is 2.00 bits per heavy atom. The van der Waals surface area contributed by atoms with E-state index in [1.165, 1.54) is 0 Å². The van der Waals surface area contributed by atoms with Crippen LogP contribution in [0.1, 0.15) is 21.1 Å². The van der Waals surface area contributed by atoms with Crippen molar-refractivity contribution in [1.29, 1.82) is 0 Å². The van der Waals surface area contributed by atoms with Gasteiger partial charge in [0, 0.05) is 14.4 Å². The number of nitrogens with zero attached hydrogens (tertiary/aromatic N) is 1. The van der Waals surface area contributed by atoms with Crippen LogP contribution < -0.4 is 0 Å². The minimum atomic E-state index is 0.333. The lowest BCUT2D eigenvalue weighted by molar-refractivity contribution is 0.427. The first kappa shape index (κ1) is 4.74. The van der Waals surface area contributed by atoms with E-state index in [0.29, 0.717) is 13.1 Å². The van der Waals surface area contributed by atoms with Gasteiger partial charge in [-0.2, -0.15) is 0 Å². The zero-order chi connectivity index (χ0) is 6.85. The molecule has 0 aliphatic carbocycles. The quantitative estimate of drug-likeness (QED) is 0.456. The minimum absolute atomic E-state index is 0.333. The molecule has 0 aromatic heterocycles. The molecule has 0 amide bonds. The molecule has 1 heterocycles. The van der Waals surface area contributed by atoms with Crippen molar-refractivity contribution in [3.63, 3.8) is 0 Å². The van der Waals surface area contributed by atoms with E-state index in [2.05, 4.69) is 6.92 Å². The van der Waals surface area contributed by atoms with Gasteiger partial charge in [-0.05, 0) is 19.8 Å². The van der Waals surface area contributed by atoms with Crippen LogP contribution in [-0.4, -0.2) is 23.0 Å². The van der Waals surface area contributed by atoms with E-state index in [4.69, 9.17) is 13.6 Å². The second-order valence-electron chi connectivity index (χ2n) is 2.25. The van der Waals surface area contributed by atoms with Crippen molar-refractivity contribution in [3.05, 3.63) is 0 Å². The monoisotopic (exact) mass is 130 g/mol. The van der Waals surface area contributed by atoms with Gasteiger partial charge in [-0.1, -0.05) is 12.2 Å². The largest absolute Gasteiger partial charge is 0.367 e. The van der Waals surface area contributed by atoms with Crippen LogP contribution in [0.15, 0.2) is 0 Å². The Morgan fingerprint density at radius 2 is 2.75 bits per heavy atom. The molecule has 1 saturated heterocycles. The third kappa shape index (κ3) is 0.848. The van der Waals surface area contributed by atoms with Gasteiger partial charge < -0.3 is 4.90 Å². The average molecular weight is 130 g/mol. The number of hydrogen-bond donors (Lipinski definition) is 0. The van der Waals surface area contributed by atoms with Crippen molar-refractivity contribution in [3.8, 4) is 0 Å². The van der Waals surface area contributed by atoms with Crippen LogP contribution in [0.2, 0.25) is 0 Å². The summed E-state index contributed by atoms with van der Waals surface area (Å²) in [7, 11) is 0.333. The summed E-state index contributed by atoms with van der Waals surface area (Å²) in [6.45, 7) is 2.12. The molecule has 46 valence electrons. The predicted molar refractivity (Wildman–Crippen MR) is 39.1 cm³/mol. The lowest BCUT2D eigenvalue weighted by atomic mass is 10.2. The van der Waals surface area contributed by atoms with E-state index in [-0.39, 0.29) is 0 Å². The van der Waals surface area contributed by atoms with Gasteiger partial charge in [0.05, 0.1) is 4.99 Å². The smallest absolute Gasteiger partial charge is 0.0779 e. The molecule has 0 spiro atoms. The first-order valence-corrected chi connectivity index (χ1v) is 3.25. The van der Waals surface area contributed by atoms with Gasteiger partial charge in [-0.25, -0.2) is 0 Å².